The summed E-state index contributed by atoms with van der Waals surface area (Å²) in [7, 11) is 0. The Bertz CT molecular complexity index is 398. The molecule has 116 valence electrons. The molecule has 0 aliphatic carbocycles. The van der Waals surface area contributed by atoms with Crippen LogP contribution in [0.1, 0.15) is 50.4 Å². The number of piperazine rings is 1. The Balaban J connectivity index is 0.00000200. The molecule has 1 saturated heterocycles. The smallest absolute Gasteiger partial charge is 0.107 e. The third-order valence-corrected chi connectivity index (χ3v) is 5.13. The van der Waals surface area contributed by atoms with Gasteiger partial charge in [0.05, 0.1) is 6.54 Å². The quantitative estimate of drug-likeness (QED) is 0.922. The number of hydrogen-bond donors (Lipinski definition) is 1. The fraction of sp³-hybridized carbons (Fsp3) is 0.800. The van der Waals surface area contributed by atoms with E-state index in [1.807, 2.05) is 11.3 Å². The molecule has 2 rings (SSSR count). The van der Waals surface area contributed by atoms with Crippen LogP contribution in [0.5, 0.6) is 0 Å². The zero-order chi connectivity index (χ0) is 13.9. The Morgan fingerprint density at radius 2 is 2.20 bits per heavy atom. The van der Waals surface area contributed by atoms with E-state index in [-0.39, 0.29) is 17.8 Å². The molecule has 0 aromatic carbocycles. The molecule has 1 fully saturated rings. The van der Waals surface area contributed by atoms with Gasteiger partial charge >= 0.3 is 0 Å². The summed E-state index contributed by atoms with van der Waals surface area (Å²) in [5.41, 5.74) is 0.224. The van der Waals surface area contributed by atoms with Crippen LogP contribution < -0.4 is 5.32 Å². The molecule has 0 saturated carbocycles. The fourth-order valence-electron chi connectivity index (χ4n) is 2.53. The molecule has 1 N–H and O–H groups in total. The van der Waals surface area contributed by atoms with Crippen molar-refractivity contribution in [2.24, 2.45) is 0 Å². The first-order chi connectivity index (χ1) is 9.00. The molecule has 1 unspecified atom stereocenters. The molecule has 0 bridgehead atoms. The van der Waals surface area contributed by atoms with Crippen LogP contribution in [-0.4, -0.2) is 35.6 Å². The third kappa shape index (κ3) is 4.69. The Morgan fingerprint density at radius 3 is 2.80 bits per heavy atom. The summed E-state index contributed by atoms with van der Waals surface area (Å²) in [5, 5.41) is 4.78. The molecule has 0 amide bonds. The standard InChI is InChI=1S/C15H27N3S.ClH/c1-5-6-12-9-16-7-8-18(12)11-14-17-10-13(19-14)15(2,3)4;/h10,12,16H,5-9,11H2,1-4H3;1H. The average Bonchev–Trinajstić information content (AvgIpc) is 2.80. The first-order valence-corrected chi connectivity index (χ1v) is 8.22. The maximum Gasteiger partial charge on any atom is 0.107 e. The van der Waals surface area contributed by atoms with Gasteiger partial charge in [-0.2, -0.15) is 0 Å². The number of hydrogen-bond acceptors (Lipinski definition) is 4. The minimum Gasteiger partial charge on any atom is -0.314 e. The molecule has 20 heavy (non-hydrogen) atoms. The predicted octanol–water partition coefficient (Wildman–Crippen LogP) is 3.44. The number of thiazole rings is 1. The maximum absolute atomic E-state index is 4.63. The molecule has 1 aromatic heterocycles. The zero-order valence-electron chi connectivity index (χ0n) is 13.1. The normalized spacial score (nSPS) is 20.7. The van der Waals surface area contributed by atoms with Crippen LogP contribution in [-0.2, 0) is 12.0 Å². The molecule has 3 nitrogen and oxygen atoms in total. The number of aromatic nitrogens is 1. The lowest BCUT2D eigenvalue weighted by Gasteiger charge is -2.35. The first kappa shape index (κ1) is 17.9. The van der Waals surface area contributed by atoms with Crippen LogP contribution in [0.2, 0.25) is 0 Å². The highest BCUT2D eigenvalue weighted by Gasteiger charge is 2.23. The van der Waals surface area contributed by atoms with Crippen molar-refractivity contribution < 1.29 is 0 Å². The summed E-state index contributed by atoms with van der Waals surface area (Å²) in [6.45, 7) is 13.5. The Kier molecular flexibility index (Phi) is 6.92. The Hall–Kier alpha value is -0.160. The van der Waals surface area contributed by atoms with Crippen molar-refractivity contribution in [3.05, 3.63) is 16.1 Å². The summed E-state index contributed by atoms with van der Waals surface area (Å²) in [4.78, 5) is 8.62. The second kappa shape index (κ2) is 7.74. The summed E-state index contributed by atoms with van der Waals surface area (Å²) in [5.74, 6) is 0. The molecule has 1 aromatic rings. The van der Waals surface area contributed by atoms with Crippen molar-refractivity contribution in [3.63, 3.8) is 0 Å². The highest BCUT2D eigenvalue weighted by atomic mass is 35.5. The van der Waals surface area contributed by atoms with Crippen LogP contribution in [0, 0.1) is 0 Å². The van der Waals surface area contributed by atoms with Gasteiger partial charge in [-0.1, -0.05) is 34.1 Å². The van der Waals surface area contributed by atoms with Crippen LogP contribution in [0.4, 0.5) is 0 Å². The minimum atomic E-state index is 0. The van der Waals surface area contributed by atoms with E-state index < -0.39 is 0 Å². The molecule has 5 heteroatoms. The molecule has 1 aliphatic heterocycles. The van der Waals surface area contributed by atoms with Gasteiger partial charge in [0.15, 0.2) is 0 Å². The molecular weight excluding hydrogens is 290 g/mol. The third-order valence-electron chi connectivity index (χ3n) is 3.73. The Morgan fingerprint density at radius 1 is 1.45 bits per heavy atom. The van der Waals surface area contributed by atoms with Crippen molar-refractivity contribution in [2.75, 3.05) is 19.6 Å². The SMILES string of the molecule is CCCC1CNCCN1Cc1ncc(C(C)(C)C)s1.Cl. The van der Waals surface area contributed by atoms with E-state index in [2.05, 4.69) is 49.1 Å². The van der Waals surface area contributed by atoms with Gasteiger partial charge in [-0.15, -0.1) is 23.7 Å². The van der Waals surface area contributed by atoms with E-state index in [0.29, 0.717) is 6.04 Å². The predicted molar refractivity (Wildman–Crippen MR) is 90.0 cm³/mol. The van der Waals surface area contributed by atoms with Crippen LogP contribution >= 0.6 is 23.7 Å². The lowest BCUT2D eigenvalue weighted by Crippen LogP contribution is -2.50. The number of nitrogens with zero attached hydrogens (tertiary/aromatic N) is 2. The lowest BCUT2D eigenvalue weighted by atomic mass is 9.96. The second-order valence-electron chi connectivity index (χ2n) is 6.49. The molecule has 1 aliphatic rings. The summed E-state index contributed by atoms with van der Waals surface area (Å²) in [6, 6.07) is 0.681. The minimum absolute atomic E-state index is 0. The highest BCUT2D eigenvalue weighted by Crippen LogP contribution is 2.28. The van der Waals surface area contributed by atoms with Crippen LogP contribution in [0.25, 0.3) is 0 Å². The zero-order valence-corrected chi connectivity index (χ0v) is 14.7. The second-order valence-corrected chi connectivity index (χ2v) is 7.60. The van der Waals surface area contributed by atoms with Gasteiger partial charge in [0.1, 0.15) is 5.01 Å². The van der Waals surface area contributed by atoms with Crippen molar-refractivity contribution in [3.8, 4) is 0 Å². The average molecular weight is 318 g/mol. The van der Waals surface area contributed by atoms with Gasteiger partial charge < -0.3 is 5.32 Å². The van der Waals surface area contributed by atoms with E-state index in [1.54, 1.807) is 0 Å². The van der Waals surface area contributed by atoms with Crippen LogP contribution in [0.15, 0.2) is 6.20 Å². The van der Waals surface area contributed by atoms with Crippen molar-refractivity contribution in [1.82, 2.24) is 15.2 Å². The van der Waals surface area contributed by atoms with Gasteiger partial charge in [0.25, 0.3) is 0 Å². The summed E-state index contributed by atoms with van der Waals surface area (Å²) in [6.07, 6.45) is 4.61. The van der Waals surface area contributed by atoms with Gasteiger partial charge in [-0.3, -0.25) is 4.90 Å². The van der Waals surface area contributed by atoms with Crippen LogP contribution in [0.3, 0.4) is 0 Å². The van der Waals surface area contributed by atoms with E-state index >= 15 is 0 Å². The highest BCUT2D eigenvalue weighted by molar-refractivity contribution is 7.11. The Labute approximate surface area is 133 Å². The number of nitrogens with one attached hydrogen (secondary N) is 1. The lowest BCUT2D eigenvalue weighted by molar-refractivity contribution is 0.144. The van der Waals surface area contributed by atoms with Gasteiger partial charge in [-0.25, -0.2) is 4.98 Å². The van der Waals surface area contributed by atoms with Crippen molar-refractivity contribution in [2.45, 2.75) is 58.5 Å². The number of halogens is 1. The molecular formula is C15H28ClN3S. The molecule has 0 radical (unpaired) electrons. The summed E-state index contributed by atoms with van der Waals surface area (Å²) < 4.78 is 0. The van der Waals surface area contributed by atoms with Crippen molar-refractivity contribution >= 4 is 23.7 Å². The van der Waals surface area contributed by atoms with E-state index in [4.69, 9.17) is 0 Å². The molecule has 1 atom stereocenters. The van der Waals surface area contributed by atoms with E-state index in [1.165, 1.54) is 22.7 Å². The largest absolute Gasteiger partial charge is 0.314 e. The molecule has 0 spiro atoms. The monoisotopic (exact) mass is 317 g/mol. The fourth-order valence-corrected chi connectivity index (χ4v) is 3.53. The van der Waals surface area contributed by atoms with Gasteiger partial charge in [0, 0.05) is 36.8 Å². The first-order valence-electron chi connectivity index (χ1n) is 7.40. The van der Waals surface area contributed by atoms with E-state index in [0.717, 1.165) is 26.2 Å². The number of rotatable bonds is 4. The van der Waals surface area contributed by atoms with Gasteiger partial charge in [0.2, 0.25) is 0 Å². The van der Waals surface area contributed by atoms with E-state index in [9.17, 15) is 0 Å². The summed E-state index contributed by atoms with van der Waals surface area (Å²) >= 11 is 1.88. The van der Waals surface area contributed by atoms with Gasteiger partial charge in [-0.05, 0) is 11.8 Å². The van der Waals surface area contributed by atoms with Crippen molar-refractivity contribution in [1.29, 1.82) is 0 Å². The molecule has 2 heterocycles. The maximum atomic E-state index is 4.63. The topological polar surface area (TPSA) is 28.2 Å².